The summed E-state index contributed by atoms with van der Waals surface area (Å²) in [4.78, 5) is 0. The van der Waals surface area contributed by atoms with Gasteiger partial charge in [0.1, 0.15) is 0 Å². The second kappa shape index (κ2) is 7.66. The first-order valence-electron chi connectivity index (χ1n) is 11.3. The minimum Gasteiger partial charge on any atom is -0.350 e. The lowest BCUT2D eigenvalue weighted by Gasteiger charge is -2.43. The van der Waals surface area contributed by atoms with E-state index in [1.54, 1.807) is 0 Å². The maximum atomic E-state index is 6.06. The summed E-state index contributed by atoms with van der Waals surface area (Å²) in [7, 11) is 0. The maximum Gasteiger partial charge on any atom is 0.162 e. The molecule has 0 bridgehead atoms. The predicted molar refractivity (Wildman–Crippen MR) is 126 cm³/mol. The highest BCUT2D eigenvalue weighted by molar-refractivity contribution is 5.82. The van der Waals surface area contributed by atoms with Gasteiger partial charge in [-0.3, -0.25) is 0 Å². The van der Waals surface area contributed by atoms with Gasteiger partial charge in [0, 0.05) is 5.41 Å². The second-order valence-electron chi connectivity index (χ2n) is 10.7. The van der Waals surface area contributed by atoms with E-state index in [0.717, 1.165) is 32.5 Å². The quantitative estimate of drug-likeness (QED) is 0.538. The molecule has 2 aliphatic rings. The molecule has 2 aromatic rings. The van der Waals surface area contributed by atoms with E-state index in [4.69, 9.17) is 9.47 Å². The van der Waals surface area contributed by atoms with Crippen LogP contribution < -0.4 is 0 Å². The Bertz CT molecular complexity index is 949. The number of allylic oxidation sites excluding steroid dienone is 1. The van der Waals surface area contributed by atoms with Crippen LogP contribution in [0.3, 0.4) is 0 Å². The normalized spacial score (nSPS) is 20.0. The Kier molecular flexibility index (Phi) is 5.45. The van der Waals surface area contributed by atoms with Crippen LogP contribution in [0.1, 0.15) is 71.1 Å². The molecule has 0 spiro atoms. The van der Waals surface area contributed by atoms with Gasteiger partial charge < -0.3 is 9.47 Å². The first kappa shape index (κ1) is 21.3. The third-order valence-corrected chi connectivity index (χ3v) is 6.79. The number of hydrogen-bond acceptors (Lipinski definition) is 2. The van der Waals surface area contributed by atoms with E-state index < -0.39 is 5.79 Å². The fourth-order valence-corrected chi connectivity index (χ4v) is 4.81. The molecule has 0 N–H and O–H groups in total. The summed E-state index contributed by atoms with van der Waals surface area (Å²) in [5.74, 6) is -0.463. The fourth-order valence-electron chi connectivity index (χ4n) is 4.81. The lowest BCUT2D eigenvalue weighted by Crippen LogP contribution is -2.46. The van der Waals surface area contributed by atoms with Crippen LogP contribution in [-0.2, 0) is 21.3 Å². The summed E-state index contributed by atoms with van der Waals surface area (Å²) < 4.78 is 12.1. The zero-order valence-corrected chi connectivity index (χ0v) is 19.5. The third kappa shape index (κ3) is 4.13. The third-order valence-electron chi connectivity index (χ3n) is 6.79. The van der Waals surface area contributed by atoms with Crippen LogP contribution in [0.15, 0.2) is 48.0 Å². The van der Waals surface area contributed by atoms with Crippen LogP contribution in [0.2, 0.25) is 0 Å². The minimum atomic E-state index is -0.463. The highest BCUT2D eigenvalue weighted by Gasteiger charge is 2.39. The molecule has 2 nitrogen and oxygen atoms in total. The van der Waals surface area contributed by atoms with Gasteiger partial charge in [-0.25, -0.2) is 0 Å². The van der Waals surface area contributed by atoms with Crippen molar-refractivity contribution in [2.24, 2.45) is 5.41 Å². The SMILES string of the molecule is CCC1(CC2=Cc3c(cccc3-c3ccccc3C(C)(C)C)C2)COC(C)(C)OC1. The molecule has 0 radical (unpaired) electrons. The number of ether oxygens (including phenoxy) is 2. The van der Waals surface area contributed by atoms with Crippen molar-refractivity contribution in [3.05, 3.63) is 64.7 Å². The minimum absolute atomic E-state index is 0.0763. The summed E-state index contributed by atoms with van der Waals surface area (Å²) in [5.41, 5.74) is 8.64. The number of rotatable bonds is 4. The van der Waals surface area contributed by atoms with Crippen molar-refractivity contribution in [1.29, 1.82) is 0 Å². The Balaban J connectivity index is 1.66. The van der Waals surface area contributed by atoms with Gasteiger partial charge in [-0.2, -0.15) is 0 Å². The summed E-state index contributed by atoms with van der Waals surface area (Å²) in [5, 5.41) is 0. The van der Waals surface area contributed by atoms with Crippen molar-refractivity contribution >= 4 is 6.08 Å². The van der Waals surface area contributed by atoms with Gasteiger partial charge in [-0.05, 0) is 66.3 Å². The fraction of sp³-hybridized carbons (Fsp3) is 0.500. The monoisotopic (exact) mass is 404 g/mol. The van der Waals surface area contributed by atoms with Gasteiger partial charge in [0.2, 0.25) is 0 Å². The average Bonchev–Trinajstić information content (AvgIpc) is 3.11. The molecule has 2 heteroatoms. The van der Waals surface area contributed by atoms with Gasteiger partial charge in [0.15, 0.2) is 5.79 Å². The van der Waals surface area contributed by atoms with E-state index in [1.807, 2.05) is 13.8 Å². The molecule has 4 rings (SSSR count). The van der Waals surface area contributed by atoms with E-state index in [2.05, 4.69) is 76.2 Å². The number of fused-ring (bicyclic) bond motifs is 1. The molecular weight excluding hydrogens is 368 g/mol. The Labute approximate surface area is 182 Å². The van der Waals surface area contributed by atoms with Crippen LogP contribution in [0, 0.1) is 5.41 Å². The van der Waals surface area contributed by atoms with Crippen molar-refractivity contribution in [2.45, 2.75) is 72.0 Å². The summed E-state index contributed by atoms with van der Waals surface area (Å²) in [6, 6.07) is 15.7. The van der Waals surface area contributed by atoms with Gasteiger partial charge in [0.05, 0.1) is 13.2 Å². The van der Waals surface area contributed by atoms with E-state index in [0.29, 0.717) is 0 Å². The summed E-state index contributed by atoms with van der Waals surface area (Å²) in [6.07, 6.45) is 5.58. The Morgan fingerprint density at radius 3 is 2.23 bits per heavy atom. The molecule has 0 aromatic heterocycles. The molecule has 1 aliphatic heterocycles. The van der Waals surface area contributed by atoms with Gasteiger partial charge in [-0.15, -0.1) is 0 Å². The zero-order valence-electron chi connectivity index (χ0n) is 19.5. The van der Waals surface area contributed by atoms with E-state index in [9.17, 15) is 0 Å². The molecule has 1 fully saturated rings. The molecule has 2 aromatic carbocycles. The summed E-state index contributed by atoms with van der Waals surface area (Å²) in [6.45, 7) is 14.7. The first-order chi connectivity index (χ1) is 14.1. The van der Waals surface area contributed by atoms with E-state index in [-0.39, 0.29) is 10.8 Å². The smallest absolute Gasteiger partial charge is 0.162 e. The highest BCUT2D eigenvalue weighted by atomic mass is 16.7. The second-order valence-corrected chi connectivity index (χ2v) is 10.7. The van der Waals surface area contributed by atoms with Crippen LogP contribution in [-0.4, -0.2) is 19.0 Å². The zero-order chi connectivity index (χ0) is 21.6. The predicted octanol–water partition coefficient (Wildman–Crippen LogP) is 7.16. The van der Waals surface area contributed by atoms with Crippen molar-refractivity contribution in [1.82, 2.24) is 0 Å². The lowest BCUT2D eigenvalue weighted by atomic mass is 9.79. The largest absolute Gasteiger partial charge is 0.350 e. The Morgan fingerprint density at radius 1 is 0.900 bits per heavy atom. The van der Waals surface area contributed by atoms with E-state index in [1.165, 1.54) is 33.4 Å². The van der Waals surface area contributed by atoms with Gasteiger partial charge in [0.25, 0.3) is 0 Å². The molecule has 1 aliphatic carbocycles. The van der Waals surface area contributed by atoms with Crippen molar-refractivity contribution < 1.29 is 9.47 Å². The standard InChI is InChI=1S/C28H36O2/c1-7-28(18-29-27(5,6)30-19-28)17-20-15-21-11-10-13-22(24(21)16-20)23-12-8-9-14-25(23)26(2,3)4/h8-14,16H,7,15,17-19H2,1-6H3. The molecule has 0 amide bonds. The molecule has 1 heterocycles. The van der Waals surface area contributed by atoms with Crippen LogP contribution >= 0.6 is 0 Å². The van der Waals surface area contributed by atoms with Crippen molar-refractivity contribution in [3.8, 4) is 11.1 Å². The highest BCUT2D eigenvalue weighted by Crippen LogP contribution is 2.43. The van der Waals surface area contributed by atoms with Gasteiger partial charge >= 0.3 is 0 Å². The number of benzene rings is 2. The van der Waals surface area contributed by atoms with Crippen molar-refractivity contribution in [3.63, 3.8) is 0 Å². The van der Waals surface area contributed by atoms with Crippen molar-refractivity contribution in [2.75, 3.05) is 13.2 Å². The maximum absolute atomic E-state index is 6.06. The Morgan fingerprint density at radius 2 is 1.57 bits per heavy atom. The topological polar surface area (TPSA) is 18.5 Å². The van der Waals surface area contributed by atoms with E-state index >= 15 is 0 Å². The van der Waals surface area contributed by atoms with Gasteiger partial charge in [-0.1, -0.05) is 81.8 Å². The summed E-state index contributed by atoms with van der Waals surface area (Å²) >= 11 is 0. The lowest BCUT2D eigenvalue weighted by molar-refractivity contribution is -0.285. The molecule has 0 atom stereocenters. The molecule has 0 saturated carbocycles. The first-order valence-corrected chi connectivity index (χ1v) is 11.3. The average molecular weight is 405 g/mol. The van der Waals surface area contributed by atoms with Crippen LogP contribution in [0.4, 0.5) is 0 Å². The molecule has 1 saturated heterocycles. The molecular formula is C28H36O2. The van der Waals surface area contributed by atoms with Crippen LogP contribution in [0.25, 0.3) is 17.2 Å². The molecule has 0 unspecified atom stereocenters. The molecule has 30 heavy (non-hydrogen) atoms. The van der Waals surface area contributed by atoms with Crippen LogP contribution in [0.5, 0.6) is 0 Å². The number of hydrogen-bond donors (Lipinski definition) is 0. The Hall–Kier alpha value is -1.90. The molecule has 160 valence electrons.